The van der Waals surface area contributed by atoms with E-state index in [1.54, 1.807) is 24.5 Å². The fourth-order valence-corrected chi connectivity index (χ4v) is 1.48. The molecule has 1 aromatic heterocycles. The van der Waals surface area contributed by atoms with Crippen molar-refractivity contribution in [3.63, 3.8) is 0 Å². The van der Waals surface area contributed by atoms with E-state index in [0.29, 0.717) is 12.8 Å². The lowest BCUT2D eigenvalue weighted by atomic mass is 10.1. The summed E-state index contributed by atoms with van der Waals surface area (Å²) in [6, 6.07) is 2.67. The number of aliphatic carboxylic acids is 1. The maximum absolute atomic E-state index is 11.6. The third kappa shape index (κ3) is 4.63. The molecule has 1 heterocycles. The maximum atomic E-state index is 11.6. The lowest BCUT2D eigenvalue weighted by Gasteiger charge is -2.13. The third-order valence-electron chi connectivity index (χ3n) is 2.32. The Morgan fingerprint density at radius 1 is 1.41 bits per heavy atom. The highest BCUT2D eigenvalue weighted by Gasteiger charge is 2.18. The monoisotopic (exact) mass is 236 g/mol. The molecule has 0 aliphatic rings. The number of hydrogen-bond acceptors (Lipinski definition) is 3. The van der Waals surface area contributed by atoms with Crippen LogP contribution in [0.2, 0.25) is 0 Å². The van der Waals surface area contributed by atoms with Gasteiger partial charge in [-0.1, -0.05) is 13.3 Å². The molecule has 0 aliphatic heterocycles. The summed E-state index contributed by atoms with van der Waals surface area (Å²) in [7, 11) is 0. The van der Waals surface area contributed by atoms with Gasteiger partial charge in [-0.05, 0) is 24.1 Å². The molecule has 1 amide bonds. The van der Waals surface area contributed by atoms with Gasteiger partial charge in [0.2, 0.25) is 5.91 Å². The predicted molar refractivity (Wildman–Crippen MR) is 62.4 cm³/mol. The first-order chi connectivity index (χ1) is 8.13. The van der Waals surface area contributed by atoms with E-state index in [0.717, 1.165) is 5.56 Å². The summed E-state index contributed by atoms with van der Waals surface area (Å²) in [6.07, 6.45) is 4.53. The first-order valence-corrected chi connectivity index (χ1v) is 5.54. The number of carboxylic acid groups (broad SMARTS) is 1. The van der Waals surface area contributed by atoms with Crippen LogP contribution in [0.4, 0.5) is 0 Å². The second-order valence-electron chi connectivity index (χ2n) is 3.78. The van der Waals surface area contributed by atoms with Gasteiger partial charge in [-0.2, -0.15) is 0 Å². The molecular weight excluding hydrogens is 220 g/mol. The van der Waals surface area contributed by atoms with Crippen LogP contribution in [0.1, 0.15) is 25.3 Å². The Morgan fingerprint density at radius 2 is 2.06 bits per heavy atom. The first kappa shape index (κ1) is 13.2. The molecule has 0 spiro atoms. The van der Waals surface area contributed by atoms with Gasteiger partial charge in [-0.3, -0.25) is 9.78 Å². The lowest BCUT2D eigenvalue weighted by molar-refractivity contribution is -0.141. The van der Waals surface area contributed by atoms with E-state index in [9.17, 15) is 9.59 Å². The molecule has 0 fully saturated rings. The summed E-state index contributed by atoms with van der Waals surface area (Å²) >= 11 is 0. The smallest absolute Gasteiger partial charge is 0.326 e. The Balaban J connectivity index is 2.51. The molecule has 5 heteroatoms. The Labute approximate surface area is 99.9 Å². The van der Waals surface area contributed by atoms with E-state index in [1.807, 2.05) is 6.92 Å². The van der Waals surface area contributed by atoms with Gasteiger partial charge in [-0.25, -0.2) is 4.79 Å². The number of amides is 1. The van der Waals surface area contributed by atoms with Gasteiger partial charge < -0.3 is 10.4 Å². The molecule has 1 atom stereocenters. The molecule has 0 radical (unpaired) electrons. The average Bonchev–Trinajstić information content (AvgIpc) is 2.29. The van der Waals surface area contributed by atoms with Crippen LogP contribution in [-0.4, -0.2) is 28.0 Å². The van der Waals surface area contributed by atoms with Crippen molar-refractivity contribution in [2.75, 3.05) is 0 Å². The topological polar surface area (TPSA) is 79.3 Å². The third-order valence-corrected chi connectivity index (χ3v) is 2.32. The number of carbonyl (C=O) groups excluding carboxylic acids is 1. The number of pyridine rings is 1. The van der Waals surface area contributed by atoms with Crippen LogP contribution in [-0.2, 0) is 16.0 Å². The molecule has 0 saturated carbocycles. The molecule has 0 saturated heterocycles. The molecular formula is C12H16N2O3. The summed E-state index contributed by atoms with van der Waals surface area (Å²) in [5.41, 5.74) is 0.818. The lowest BCUT2D eigenvalue weighted by Crippen LogP contribution is -2.41. The van der Waals surface area contributed by atoms with Crippen LogP contribution in [0, 0.1) is 0 Å². The summed E-state index contributed by atoms with van der Waals surface area (Å²) in [4.78, 5) is 26.3. The summed E-state index contributed by atoms with van der Waals surface area (Å²) in [5, 5.41) is 11.4. The van der Waals surface area contributed by atoms with Crippen LogP contribution in [0.5, 0.6) is 0 Å². The first-order valence-electron chi connectivity index (χ1n) is 5.54. The summed E-state index contributed by atoms with van der Waals surface area (Å²) < 4.78 is 0. The van der Waals surface area contributed by atoms with E-state index in [2.05, 4.69) is 10.3 Å². The molecule has 0 unspecified atom stereocenters. The van der Waals surface area contributed by atoms with E-state index in [-0.39, 0.29) is 12.3 Å². The Morgan fingerprint density at radius 3 is 2.59 bits per heavy atom. The molecule has 5 nitrogen and oxygen atoms in total. The van der Waals surface area contributed by atoms with E-state index < -0.39 is 12.0 Å². The standard InChI is InChI=1S/C12H16N2O3/c1-2-3-10(12(16)17)14-11(15)8-9-4-6-13-7-5-9/h4-7,10H,2-3,8H2,1H3,(H,14,15)(H,16,17)/t10-/m0/s1. The Hall–Kier alpha value is -1.91. The number of nitrogens with one attached hydrogen (secondary N) is 1. The second kappa shape index (κ2) is 6.62. The Bertz CT molecular complexity index is 379. The van der Waals surface area contributed by atoms with E-state index in [1.165, 1.54) is 0 Å². The zero-order valence-corrected chi connectivity index (χ0v) is 9.72. The van der Waals surface area contributed by atoms with Gasteiger partial charge in [0.1, 0.15) is 6.04 Å². The molecule has 0 bridgehead atoms. The van der Waals surface area contributed by atoms with Gasteiger partial charge in [0.15, 0.2) is 0 Å². The minimum absolute atomic E-state index is 0.177. The fraction of sp³-hybridized carbons (Fsp3) is 0.417. The van der Waals surface area contributed by atoms with Crippen molar-refractivity contribution in [3.8, 4) is 0 Å². The Kier molecular flexibility index (Phi) is 5.13. The van der Waals surface area contributed by atoms with Crippen LogP contribution < -0.4 is 5.32 Å². The van der Waals surface area contributed by atoms with Crippen LogP contribution in [0.3, 0.4) is 0 Å². The number of rotatable bonds is 6. The van der Waals surface area contributed by atoms with Crippen molar-refractivity contribution >= 4 is 11.9 Å². The average molecular weight is 236 g/mol. The number of hydrogen-bond donors (Lipinski definition) is 2. The molecule has 92 valence electrons. The number of nitrogens with zero attached hydrogens (tertiary/aromatic N) is 1. The second-order valence-corrected chi connectivity index (χ2v) is 3.78. The quantitative estimate of drug-likeness (QED) is 0.772. The van der Waals surface area contributed by atoms with Gasteiger partial charge in [0, 0.05) is 12.4 Å². The summed E-state index contributed by atoms with van der Waals surface area (Å²) in [5.74, 6) is -1.27. The molecule has 0 aliphatic carbocycles. The van der Waals surface area contributed by atoms with Gasteiger partial charge in [-0.15, -0.1) is 0 Å². The molecule has 17 heavy (non-hydrogen) atoms. The molecule has 2 N–H and O–H groups in total. The van der Waals surface area contributed by atoms with Gasteiger partial charge >= 0.3 is 5.97 Å². The number of carbonyl (C=O) groups is 2. The zero-order valence-electron chi connectivity index (χ0n) is 9.72. The highest BCUT2D eigenvalue weighted by molar-refractivity contribution is 5.84. The minimum atomic E-state index is -0.991. The van der Waals surface area contributed by atoms with Crippen molar-refractivity contribution in [3.05, 3.63) is 30.1 Å². The summed E-state index contributed by atoms with van der Waals surface area (Å²) in [6.45, 7) is 1.88. The highest BCUT2D eigenvalue weighted by atomic mass is 16.4. The number of aromatic nitrogens is 1. The number of carboxylic acids is 1. The van der Waals surface area contributed by atoms with Crippen molar-refractivity contribution in [2.24, 2.45) is 0 Å². The van der Waals surface area contributed by atoms with Gasteiger partial charge in [0.25, 0.3) is 0 Å². The zero-order chi connectivity index (χ0) is 12.7. The van der Waals surface area contributed by atoms with E-state index in [4.69, 9.17) is 5.11 Å². The predicted octanol–water partition coefficient (Wildman–Crippen LogP) is 0.994. The van der Waals surface area contributed by atoms with Crippen LogP contribution >= 0.6 is 0 Å². The fourth-order valence-electron chi connectivity index (χ4n) is 1.48. The van der Waals surface area contributed by atoms with Crippen LogP contribution in [0.25, 0.3) is 0 Å². The van der Waals surface area contributed by atoms with Gasteiger partial charge in [0.05, 0.1) is 6.42 Å². The molecule has 1 aromatic rings. The normalized spacial score (nSPS) is 11.8. The largest absolute Gasteiger partial charge is 0.480 e. The highest BCUT2D eigenvalue weighted by Crippen LogP contribution is 2.00. The van der Waals surface area contributed by atoms with Crippen molar-refractivity contribution in [1.82, 2.24) is 10.3 Å². The maximum Gasteiger partial charge on any atom is 0.326 e. The minimum Gasteiger partial charge on any atom is -0.480 e. The SMILES string of the molecule is CCC[C@H](NC(=O)Cc1ccncc1)C(=O)O. The molecule has 0 aromatic carbocycles. The molecule has 1 rings (SSSR count). The van der Waals surface area contributed by atoms with Crippen molar-refractivity contribution in [1.29, 1.82) is 0 Å². The van der Waals surface area contributed by atoms with E-state index >= 15 is 0 Å². The van der Waals surface area contributed by atoms with Crippen LogP contribution in [0.15, 0.2) is 24.5 Å². The van der Waals surface area contributed by atoms with Crippen molar-refractivity contribution < 1.29 is 14.7 Å². The van der Waals surface area contributed by atoms with Crippen molar-refractivity contribution in [2.45, 2.75) is 32.2 Å².